The molecule has 6 heteroatoms. The van der Waals surface area contributed by atoms with E-state index >= 15 is 0 Å². The van der Waals surface area contributed by atoms with E-state index < -0.39 is 0 Å². The van der Waals surface area contributed by atoms with Crippen LogP contribution >= 0.6 is 0 Å². The molecule has 122 valence electrons. The second kappa shape index (κ2) is 6.42. The predicted octanol–water partition coefficient (Wildman–Crippen LogP) is 2.00. The van der Waals surface area contributed by atoms with Crippen molar-refractivity contribution in [2.24, 2.45) is 5.92 Å². The van der Waals surface area contributed by atoms with Gasteiger partial charge in [-0.05, 0) is 24.6 Å². The zero-order valence-electron chi connectivity index (χ0n) is 13.4. The summed E-state index contributed by atoms with van der Waals surface area (Å²) >= 11 is 0. The normalized spacial score (nSPS) is 32.4. The largest absolute Gasteiger partial charge is 0.493 e. The van der Waals surface area contributed by atoms with Gasteiger partial charge in [0.2, 0.25) is 0 Å². The number of methoxy groups -OCH3 is 2. The number of hydrogen-bond acceptors (Lipinski definition) is 6. The Morgan fingerprint density at radius 3 is 2.55 bits per heavy atom. The van der Waals surface area contributed by atoms with Crippen LogP contribution in [0.5, 0.6) is 11.5 Å². The van der Waals surface area contributed by atoms with Crippen molar-refractivity contribution in [3.05, 3.63) is 23.8 Å². The molecule has 0 bridgehead atoms. The van der Waals surface area contributed by atoms with E-state index in [1.165, 1.54) is 0 Å². The van der Waals surface area contributed by atoms with Gasteiger partial charge >= 0.3 is 0 Å². The fourth-order valence-electron chi connectivity index (χ4n) is 3.20. The van der Waals surface area contributed by atoms with Crippen LogP contribution < -0.4 is 9.47 Å². The highest BCUT2D eigenvalue weighted by atomic mass is 16.7. The molecule has 3 rings (SSSR count). The van der Waals surface area contributed by atoms with Crippen molar-refractivity contribution < 1.29 is 23.8 Å². The van der Waals surface area contributed by atoms with Crippen LogP contribution in [0, 0.1) is 5.92 Å². The fourth-order valence-corrected chi connectivity index (χ4v) is 3.20. The maximum atomic E-state index is 5.95. The first kappa shape index (κ1) is 15.6. The van der Waals surface area contributed by atoms with Crippen LogP contribution in [0.15, 0.2) is 18.2 Å². The van der Waals surface area contributed by atoms with E-state index in [1.54, 1.807) is 14.2 Å². The van der Waals surface area contributed by atoms with Gasteiger partial charge in [-0.15, -0.1) is 0 Å². The summed E-state index contributed by atoms with van der Waals surface area (Å²) < 4.78 is 22.1. The van der Waals surface area contributed by atoms with Crippen molar-refractivity contribution in [2.45, 2.75) is 25.4 Å². The Balaban J connectivity index is 1.89. The maximum absolute atomic E-state index is 5.95. The first-order chi connectivity index (χ1) is 10.6. The van der Waals surface area contributed by atoms with Crippen LogP contribution in [-0.4, -0.2) is 51.9 Å². The minimum absolute atomic E-state index is 0.00745. The second-order valence-electron chi connectivity index (χ2n) is 5.65. The molecule has 0 N–H and O–H groups in total. The topological polar surface area (TPSA) is 49.4 Å². The van der Waals surface area contributed by atoms with Gasteiger partial charge in [0.05, 0.1) is 33.5 Å². The van der Waals surface area contributed by atoms with Gasteiger partial charge in [0.25, 0.3) is 0 Å². The van der Waals surface area contributed by atoms with E-state index in [1.807, 2.05) is 37.2 Å². The molecule has 2 saturated heterocycles. The van der Waals surface area contributed by atoms with Crippen LogP contribution in [0.25, 0.3) is 0 Å². The van der Waals surface area contributed by atoms with Gasteiger partial charge in [-0.2, -0.15) is 5.06 Å². The minimum atomic E-state index is -0.189. The number of hydroxylamine groups is 2. The van der Waals surface area contributed by atoms with Crippen LogP contribution in [-0.2, 0) is 14.3 Å². The molecule has 2 heterocycles. The van der Waals surface area contributed by atoms with Crippen LogP contribution in [0.4, 0.5) is 0 Å². The van der Waals surface area contributed by atoms with Crippen molar-refractivity contribution in [1.29, 1.82) is 0 Å². The molecule has 0 radical (unpaired) electrons. The average Bonchev–Trinajstić information content (AvgIpc) is 2.74. The lowest BCUT2D eigenvalue weighted by atomic mass is 9.90. The lowest BCUT2D eigenvalue weighted by molar-refractivity contribution is -0.180. The Kier molecular flexibility index (Phi) is 4.54. The SMILES string of the molecule is COc1ccc([C@@H]2[C@@H]3CO[C@H](C)OC[C@H]3ON2C)cc1OC. The molecule has 1 aromatic carbocycles. The highest BCUT2D eigenvalue weighted by Gasteiger charge is 2.44. The van der Waals surface area contributed by atoms with E-state index in [0.717, 1.165) is 17.1 Å². The Labute approximate surface area is 130 Å². The number of nitrogens with zero attached hydrogens (tertiary/aromatic N) is 1. The molecule has 2 aliphatic heterocycles. The Hall–Kier alpha value is -1.34. The van der Waals surface area contributed by atoms with E-state index in [4.69, 9.17) is 23.8 Å². The quantitative estimate of drug-likeness (QED) is 0.851. The summed E-state index contributed by atoms with van der Waals surface area (Å²) in [4.78, 5) is 5.95. The molecule has 0 saturated carbocycles. The monoisotopic (exact) mass is 309 g/mol. The number of fused-ring (bicyclic) bond motifs is 1. The van der Waals surface area contributed by atoms with Gasteiger partial charge in [0.15, 0.2) is 17.8 Å². The number of benzene rings is 1. The van der Waals surface area contributed by atoms with Gasteiger partial charge < -0.3 is 18.9 Å². The lowest BCUT2D eigenvalue weighted by Gasteiger charge is -2.24. The third-order valence-electron chi connectivity index (χ3n) is 4.34. The van der Waals surface area contributed by atoms with E-state index in [2.05, 4.69) is 0 Å². The Morgan fingerprint density at radius 1 is 1.09 bits per heavy atom. The molecule has 0 unspecified atom stereocenters. The lowest BCUT2D eigenvalue weighted by Crippen LogP contribution is -2.26. The van der Waals surface area contributed by atoms with Crippen LogP contribution in [0.3, 0.4) is 0 Å². The number of ether oxygens (including phenoxy) is 4. The van der Waals surface area contributed by atoms with Gasteiger partial charge in [-0.1, -0.05) is 6.07 Å². The Bertz CT molecular complexity index is 523. The van der Waals surface area contributed by atoms with Crippen LogP contribution in [0.1, 0.15) is 18.5 Å². The predicted molar refractivity (Wildman–Crippen MR) is 79.8 cm³/mol. The molecule has 1 aromatic rings. The fraction of sp³-hybridized carbons (Fsp3) is 0.625. The summed E-state index contributed by atoms with van der Waals surface area (Å²) in [5, 5.41) is 1.89. The third kappa shape index (κ3) is 2.79. The van der Waals surface area contributed by atoms with E-state index in [-0.39, 0.29) is 24.4 Å². The first-order valence-electron chi connectivity index (χ1n) is 7.48. The maximum Gasteiger partial charge on any atom is 0.161 e. The van der Waals surface area contributed by atoms with E-state index in [9.17, 15) is 0 Å². The molecule has 2 fully saturated rings. The second-order valence-corrected chi connectivity index (χ2v) is 5.65. The van der Waals surface area contributed by atoms with E-state index in [0.29, 0.717) is 13.2 Å². The van der Waals surface area contributed by atoms with Crippen molar-refractivity contribution in [3.8, 4) is 11.5 Å². The summed E-state index contributed by atoms with van der Waals surface area (Å²) in [7, 11) is 5.22. The molecule has 22 heavy (non-hydrogen) atoms. The zero-order chi connectivity index (χ0) is 15.7. The van der Waals surface area contributed by atoms with Crippen molar-refractivity contribution in [2.75, 3.05) is 34.5 Å². The highest BCUT2D eigenvalue weighted by molar-refractivity contribution is 5.44. The molecule has 2 aliphatic rings. The smallest absolute Gasteiger partial charge is 0.161 e. The first-order valence-corrected chi connectivity index (χ1v) is 7.48. The summed E-state index contributed by atoms with van der Waals surface area (Å²) in [6, 6.07) is 6.06. The molecule has 4 atom stereocenters. The number of hydrogen-bond donors (Lipinski definition) is 0. The average molecular weight is 309 g/mol. The molecular weight excluding hydrogens is 286 g/mol. The van der Waals surface area contributed by atoms with Gasteiger partial charge in [-0.25, -0.2) is 0 Å². The number of rotatable bonds is 3. The molecule has 0 aromatic heterocycles. The molecule has 0 aliphatic carbocycles. The zero-order valence-corrected chi connectivity index (χ0v) is 13.4. The minimum Gasteiger partial charge on any atom is -0.493 e. The van der Waals surface area contributed by atoms with Crippen molar-refractivity contribution in [3.63, 3.8) is 0 Å². The van der Waals surface area contributed by atoms with Gasteiger partial charge in [0, 0.05) is 13.0 Å². The van der Waals surface area contributed by atoms with Gasteiger partial charge in [-0.3, -0.25) is 4.84 Å². The highest BCUT2D eigenvalue weighted by Crippen LogP contribution is 2.42. The van der Waals surface area contributed by atoms with Crippen molar-refractivity contribution >= 4 is 0 Å². The Morgan fingerprint density at radius 2 is 1.82 bits per heavy atom. The summed E-state index contributed by atoms with van der Waals surface area (Å²) in [6.45, 7) is 3.06. The molecule has 6 nitrogen and oxygen atoms in total. The molecular formula is C16H23NO5. The van der Waals surface area contributed by atoms with Gasteiger partial charge in [0.1, 0.15) is 6.10 Å². The van der Waals surface area contributed by atoms with Crippen molar-refractivity contribution in [1.82, 2.24) is 5.06 Å². The third-order valence-corrected chi connectivity index (χ3v) is 4.34. The molecule has 0 amide bonds. The molecule has 0 spiro atoms. The standard InChI is InChI=1S/C16H23NO5/c1-10-20-8-12-15(9-21-10)22-17(2)16(12)11-5-6-13(18-3)14(7-11)19-4/h5-7,10,12,15-16H,8-9H2,1-4H3/t10-,12+,15+,16+/m0/s1. The van der Waals surface area contributed by atoms with Crippen LogP contribution in [0.2, 0.25) is 0 Å². The summed E-state index contributed by atoms with van der Waals surface area (Å²) in [5.41, 5.74) is 1.12. The summed E-state index contributed by atoms with van der Waals surface area (Å²) in [5.74, 6) is 1.66. The summed E-state index contributed by atoms with van der Waals surface area (Å²) in [6.07, 6.45) is -0.182.